The number of hydrogen-bond acceptors (Lipinski definition) is 5. The average Bonchev–Trinajstić information content (AvgIpc) is 3.21. The Morgan fingerprint density at radius 1 is 1.21 bits per heavy atom. The highest BCUT2D eigenvalue weighted by Gasteiger charge is 2.39. The molecule has 3 aliphatic heterocycles. The maximum Gasteiger partial charge on any atom is 0.255 e. The third-order valence-corrected chi connectivity index (χ3v) is 6.15. The van der Waals surface area contributed by atoms with Crippen LogP contribution in [0.2, 0.25) is 0 Å². The summed E-state index contributed by atoms with van der Waals surface area (Å²) in [6.45, 7) is 2.30. The van der Waals surface area contributed by atoms with E-state index in [9.17, 15) is 14.4 Å². The standard InChI is InChI=1S/C26H27N3O5/c1-17-5-10-22(25(31)27-17)29-14-21-20(26(29)32)3-2-4-23(21)34-15-19-8-6-18(7-9-19)13-28-11-12-33-16-24(28)30/h2-4,6-9,22H,1,5,10-16H2,(H,27,31)/i6D,13D,15D. The summed E-state index contributed by atoms with van der Waals surface area (Å²) >= 11 is 0. The van der Waals surface area contributed by atoms with Crippen molar-refractivity contribution in [1.82, 2.24) is 15.1 Å². The summed E-state index contributed by atoms with van der Waals surface area (Å²) in [4.78, 5) is 40.5. The van der Waals surface area contributed by atoms with Gasteiger partial charge in [-0.3, -0.25) is 14.4 Å². The highest BCUT2D eigenvalue weighted by Crippen LogP contribution is 2.34. The zero-order valence-corrected chi connectivity index (χ0v) is 18.6. The summed E-state index contributed by atoms with van der Waals surface area (Å²) in [6, 6.07) is 9.10. The van der Waals surface area contributed by atoms with Crippen molar-refractivity contribution in [2.45, 2.75) is 38.5 Å². The molecule has 3 heterocycles. The Morgan fingerprint density at radius 3 is 2.85 bits per heavy atom. The normalized spacial score (nSPS) is 23.5. The lowest BCUT2D eigenvalue weighted by Gasteiger charge is -2.31. The molecule has 3 atom stereocenters. The van der Waals surface area contributed by atoms with E-state index in [1.54, 1.807) is 30.3 Å². The van der Waals surface area contributed by atoms with Crippen molar-refractivity contribution < 1.29 is 28.0 Å². The fourth-order valence-corrected chi connectivity index (χ4v) is 4.32. The molecule has 8 nitrogen and oxygen atoms in total. The summed E-state index contributed by atoms with van der Waals surface area (Å²) in [6.07, 6.45) is 1.09. The van der Waals surface area contributed by atoms with Gasteiger partial charge in [0.05, 0.1) is 17.3 Å². The monoisotopic (exact) mass is 464 g/mol. The van der Waals surface area contributed by atoms with Crippen LogP contribution in [0.25, 0.3) is 0 Å². The first-order valence-electron chi connectivity index (χ1n) is 12.8. The van der Waals surface area contributed by atoms with Gasteiger partial charge in [0.1, 0.15) is 25.0 Å². The highest BCUT2D eigenvalue weighted by molar-refractivity contribution is 6.02. The first-order valence-corrected chi connectivity index (χ1v) is 11.1. The molecule has 0 aromatic heterocycles. The molecule has 0 saturated carbocycles. The minimum atomic E-state index is -1.19. The van der Waals surface area contributed by atoms with Crippen molar-refractivity contribution in [3.8, 4) is 5.75 Å². The molecule has 3 amide bonds. The number of fused-ring (bicyclic) bond motifs is 1. The molecule has 5 rings (SSSR count). The molecule has 0 aliphatic carbocycles. The number of carbonyl (C=O) groups excluding carboxylic acids is 3. The van der Waals surface area contributed by atoms with Crippen LogP contribution < -0.4 is 10.1 Å². The fraction of sp³-hybridized carbons (Fsp3) is 0.346. The molecule has 2 saturated heterocycles. The topological polar surface area (TPSA) is 88.2 Å². The van der Waals surface area contributed by atoms with Crippen molar-refractivity contribution in [3.63, 3.8) is 0 Å². The van der Waals surface area contributed by atoms with Crippen LogP contribution in [0.4, 0.5) is 0 Å². The summed E-state index contributed by atoms with van der Waals surface area (Å²) < 4.78 is 36.4. The van der Waals surface area contributed by atoms with Gasteiger partial charge in [-0.25, -0.2) is 0 Å². The number of allylic oxidation sites excluding steroid dienone is 1. The van der Waals surface area contributed by atoms with E-state index in [2.05, 4.69) is 11.9 Å². The smallest absolute Gasteiger partial charge is 0.255 e. The lowest BCUT2D eigenvalue weighted by Crippen LogP contribution is -2.49. The Hall–Kier alpha value is -3.65. The van der Waals surface area contributed by atoms with Gasteiger partial charge < -0.3 is 24.6 Å². The number of hydrogen-bond donors (Lipinski definition) is 1. The Kier molecular flexibility index (Phi) is 5.13. The van der Waals surface area contributed by atoms with E-state index in [-0.39, 0.29) is 43.5 Å². The van der Waals surface area contributed by atoms with E-state index < -0.39 is 19.1 Å². The van der Waals surface area contributed by atoms with E-state index in [4.69, 9.17) is 13.6 Å². The minimum Gasteiger partial charge on any atom is -0.489 e. The SMILES string of the molecule is [2H]c1cc(C([2H])Oc2cccc3c2CN(C2CCC(=C)NC2=O)C3=O)ccc1C([2H])N1CCOCC1=O. The molecule has 34 heavy (non-hydrogen) atoms. The Labute approximate surface area is 202 Å². The van der Waals surface area contributed by atoms with Crippen LogP contribution in [0.15, 0.2) is 54.7 Å². The minimum absolute atomic E-state index is 0.0298. The van der Waals surface area contributed by atoms with Gasteiger partial charge in [0.25, 0.3) is 5.91 Å². The molecule has 176 valence electrons. The van der Waals surface area contributed by atoms with Gasteiger partial charge in [0, 0.05) is 29.9 Å². The number of nitrogens with one attached hydrogen (secondary N) is 1. The van der Waals surface area contributed by atoms with Gasteiger partial charge in [0.2, 0.25) is 11.8 Å². The Bertz CT molecular complexity index is 1290. The summed E-state index contributed by atoms with van der Waals surface area (Å²) in [5, 5.41) is 2.72. The van der Waals surface area contributed by atoms with Crippen LogP contribution in [-0.2, 0) is 34.0 Å². The van der Waals surface area contributed by atoms with Crippen molar-refractivity contribution in [2.75, 3.05) is 19.8 Å². The van der Waals surface area contributed by atoms with Gasteiger partial charge in [-0.2, -0.15) is 0 Å². The van der Waals surface area contributed by atoms with Gasteiger partial charge in [-0.15, -0.1) is 0 Å². The molecule has 0 bridgehead atoms. The molecule has 0 radical (unpaired) electrons. The van der Waals surface area contributed by atoms with Crippen molar-refractivity contribution >= 4 is 17.7 Å². The van der Waals surface area contributed by atoms with E-state index in [1.807, 2.05) is 0 Å². The number of ether oxygens (including phenoxy) is 2. The second kappa shape index (κ2) is 9.30. The quantitative estimate of drug-likeness (QED) is 0.709. The lowest BCUT2D eigenvalue weighted by atomic mass is 10.0. The fourth-order valence-electron chi connectivity index (χ4n) is 4.32. The third kappa shape index (κ3) is 4.41. The highest BCUT2D eigenvalue weighted by atomic mass is 16.5. The molecule has 8 heteroatoms. The number of morpholine rings is 1. The van der Waals surface area contributed by atoms with Crippen LogP contribution in [-0.4, -0.2) is 53.3 Å². The van der Waals surface area contributed by atoms with Crippen LogP contribution >= 0.6 is 0 Å². The molecule has 1 N–H and O–H groups in total. The van der Waals surface area contributed by atoms with Crippen molar-refractivity contribution in [3.05, 3.63) is 77.0 Å². The number of rotatable bonds is 6. The molecule has 2 aromatic carbocycles. The van der Waals surface area contributed by atoms with Crippen LogP contribution in [0, 0.1) is 0 Å². The predicted octanol–water partition coefficient (Wildman–Crippen LogP) is 2.37. The van der Waals surface area contributed by atoms with Crippen LogP contribution in [0.5, 0.6) is 5.75 Å². The van der Waals surface area contributed by atoms with Crippen molar-refractivity contribution in [1.29, 1.82) is 0 Å². The first-order chi connectivity index (χ1) is 17.7. The largest absolute Gasteiger partial charge is 0.489 e. The zero-order chi connectivity index (χ0) is 26.3. The predicted molar refractivity (Wildman–Crippen MR) is 124 cm³/mol. The van der Waals surface area contributed by atoms with Gasteiger partial charge >= 0.3 is 0 Å². The molecule has 3 aliphatic rings. The average molecular weight is 465 g/mol. The van der Waals surface area contributed by atoms with E-state index in [0.29, 0.717) is 53.1 Å². The maximum absolute atomic E-state index is 13.1. The maximum atomic E-state index is 13.1. The summed E-state index contributed by atoms with van der Waals surface area (Å²) in [7, 11) is 0. The van der Waals surface area contributed by atoms with Gasteiger partial charge in [0.15, 0.2) is 0 Å². The van der Waals surface area contributed by atoms with Gasteiger partial charge in [-0.1, -0.05) is 36.9 Å². The number of piperidine rings is 1. The molecule has 3 unspecified atom stereocenters. The molecule has 0 spiro atoms. The third-order valence-electron chi connectivity index (χ3n) is 6.15. The Balaban J connectivity index is 1.32. The second-order valence-electron chi connectivity index (χ2n) is 8.44. The Morgan fingerprint density at radius 2 is 2.06 bits per heavy atom. The molecular weight excluding hydrogens is 434 g/mol. The first kappa shape index (κ1) is 18.7. The molecule has 2 fully saturated rings. The second-order valence-corrected chi connectivity index (χ2v) is 8.44. The van der Waals surface area contributed by atoms with E-state index in [0.717, 1.165) is 0 Å². The number of carbonyl (C=O) groups is 3. The van der Waals surface area contributed by atoms with E-state index in [1.165, 1.54) is 15.9 Å². The number of amides is 3. The van der Waals surface area contributed by atoms with Gasteiger partial charge in [-0.05, 0) is 36.1 Å². The molecule has 2 aromatic rings. The van der Waals surface area contributed by atoms with Crippen LogP contribution in [0.3, 0.4) is 0 Å². The zero-order valence-electron chi connectivity index (χ0n) is 21.6. The summed E-state index contributed by atoms with van der Waals surface area (Å²) in [5.74, 6) is -0.449. The molecular formula is C26H27N3O5. The van der Waals surface area contributed by atoms with Crippen molar-refractivity contribution in [2.24, 2.45) is 0 Å². The number of nitrogens with zero attached hydrogens (tertiary/aromatic N) is 2. The van der Waals surface area contributed by atoms with Crippen LogP contribution in [0.1, 0.15) is 44.0 Å². The lowest BCUT2D eigenvalue weighted by molar-refractivity contribution is -0.143. The summed E-state index contributed by atoms with van der Waals surface area (Å²) in [5.41, 5.74) is 2.44. The van der Waals surface area contributed by atoms with E-state index >= 15 is 0 Å². The number of benzene rings is 2.